The van der Waals surface area contributed by atoms with Crippen LogP contribution < -0.4 is 0 Å². The van der Waals surface area contributed by atoms with Gasteiger partial charge in [-0.1, -0.05) is 0 Å². The van der Waals surface area contributed by atoms with Crippen molar-refractivity contribution in [2.24, 2.45) is 0 Å². The Morgan fingerprint density at radius 2 is 2.32 bits per heavy atom. The molecule has 6 heteroatoms. The Labute approximate surface area is 134 Å². The van der Waals surface area contributed by atoms with Gasteiger partial charge >= 0.3 is 0 Å². The van der Waals surface area contributed by atoms with Gasteiger partial charge in [-0.25, -0.2) is 9.97 Å². The molecule has 0 radical (unpaired) electrons. The van der Waals surface area contributed by atoms with Gasteiger partial charge in [-0.05, 0) is 44.4 Å². The molecule has 1 aliphatic rings. The highest BCUT2D eigenvalue weighted by atomic mass is 32.1. The fourth-order valence-corrected chi connectivity index (χ4v) is 3.45. The summed E-state index contributed by atoms with van der Waals surface area (Å²) >= 11 is 1.55. The molecule has 1 aliphatic heterocycles. The summed E-state index contributed by atoms with van der Waals surface area (Å²) in [5.41, 5.74) is 1.76. The normalized spacial score (nSPS) is 18.1. The van der Waals surface area contributed by atoms with Gasteiger partial charge in [-0.2, -0.15) is 11.3 Å². The highest BCUT2D eigenvalue weighted by Crippen LogP contribution is 2.31. The topological polar surface area (TPSA) is 49.3 Å². The van der Waals surface area contributed by atoms with Crippen molar-refractivity contribution in [1.29, 1.82) is 0 Å². The van der Waals surface area contributed by atoms with Crippen molar-refractivity contribution in [3.8, 4) is 0 Å². The Hall–Kier alpha value is -1.79. The van der Waals surface area contributed by atoms with Crippen LogP contribution in [0.4, 0.5) is 0 Å². The number of carbonyl (C=O) groups is 1. The Balaban J connectivity index is 1.82. The third kappa shape index (κ3) is 3.18. The van der Waals surface area contributed by atoms with E-state index >= 15 is 0 Å². The lowest BCUT2D eigenvalue weighted by atomic mass is 10.2. The van der Waals surface area contributed by atoms with E-state index < -0.39 is 0 Å². The van der Waals surface area contributed by atoms with Crippen LogP contribution in [-0.2, 0) is 6.54 Å². The lowest BCUT2D eigenvalue weighted by Gasteiger charge is -2.23. The number of hydrogen-bond acceptors (Lipinski definition) is 5. The van der Waals surface area contributed by atoms with Gasteiger partial charge < -0.3 is 9.80 Å². The monoisotopic (exact) mass is 316 g/mol. The number of hydrogen-bond donors (Lipinski definition) is 0. The predicted octanol–water partition coefficient (Wildman–Crippen LogP) is 2.58. The van der Waals surface area contributed by atoms with E-state index in [1.165, 1.54) is 0 Å². The highest BCUT2D eigenvalue weighted by Gasteiger charge is 2.32. The van der Waals surface area contributed by atoms with Gasteiger partial charge in [0.15, 0.2) is 5.82 Å². The standard InChI is InChI=1S/C16H20N4OS/c1-19(2)10-13-5-7-17-15(18-13)14-4-3-8-20(14)16(21)12-6-9-22-11-12/h5-7,9,11,14H,3-4,8,10H2,1-2H3/t14-/m1/s1. The first-order valence-electron chi connectivity index (χ1n) is 7.45. The molecule has 0 N–H and O–H groups in total. The van der Waals surface area contributed by atoms with Gasteiger partial charge in [-0.15, -0.1) is 0 Å². The van der Waals surface area contributed by atoms with E-state index in [4.69, 9.17) is 0 Å². The van der Waals surface area contributed by atoms with Gasteiger partial charge in [0.05, 0.1) is 17.3 Å². The predicted molar refractivity (Wildman–Crippen MR) is 86.8 cm³/mol. The van der Waals surface area contributed by atoms with Crippen LogP contribution in [0.2, 0.25) is 0 Å². The lowest BCUT2D eigenvalue weighted by Crippen LogP contribution is -2.31. The minimum atomic E-state index is -0.00508. The van der Waals surface area contributed by atoms with E-state index in [2.05, 4.69) is 14.9 Å². The summed E-state index contributed by atoms with van der Waals surface area (Å²) in [7, 11) is 4.04. The van der Waals surface area contributed by atoms with Gasteiger partial charge in [0, 0.05) is 24.7 Å². The van der Waals surface area contributed by atoms with E-state index in [1.807, 2.05) is 41.9 Å². The molecular formula is C16H20N4OS. The molecule has 0 unspecified atom stereocenters. The van der Waals surface area contributed by atoms with Crippen molar-refractivity contribution in [2.75, 3.05) is 20.6 Å². The van der Waals surface area contributed by atoms with Crippen LogP contribution in [0.1, 0.15) is 40.8 Å². The molecule has 1 saturated heterocycles. The quantitative estimate of drug-likeness (QED) is 0.870. The molecule has 116 valence electrons. The van der Waals surface area contributed by atoms with Crippen molar-refractivity contribution < 1.29 is 4.79 Å². The number of thiophene rings is 1. The lowest BCUT2D eigenvalue weighted by molar-refractivity contribution is 0.0730. The minimum absolute atomic E-state index is 0.00508. The molecule has 0 spiro atoms. The van der Waals surface area contributed by atoms with Crippen molar-refractivity contribution in [3.05, 3.63) is 46.2 Å². The summed E-state index contributed by atoms with van der Waals surface area (Å²) < 4.78 is 0. The highest BCUT2D eigenvalue weighted by molar-refractivity contribution is 7.08. The van der Waals surface area contributed by atoms with Crippen LogP contribution in [0.5, 0.6) is 0 Å². The summed E-state index contributed by atoms with van der Waals surface area (Å²) in [6, 6.07) is 3.81. The zero-order valence-electron chi connectivity index (χ0n) is 12.9. The molecule has 3 rings (SSSR count). The third-order valence-corrected chi connectivity index (χ3v) is 4.47. The van der Waals surface area contributed by atoms with Crippen molar-refractivity contribution in [3.63, 3.8) is 0 Å². The van der Waals surface area contributed by atoms with E-state index in [1.54, 1.807) is 17.5 Å². The summed E-state index contributed by atoms with van der Waals surface area (Å²) in [6.45, 7) is 1.56. The minimum Gasteiger partial charge on any atom is -0.328 e. The summed E-state index contributed by atoms with van der Waals surface area (Å²) in [4.78, 5) is 25.7. The maximum Gasteiger partial charge on any atom is 0.255 e. The second kappa shape index (κ2) is 6.54. The summed E-state index contributed by atoms with van der Waals surface area (Å²) in [6.07, 6.45) is 3.73. The third-order valence-electron chi connectivity index (χ3n) is 3.79. The molecule has 1 fully saturated rings. The zero-order chi connectivity index (χ0) is 15.5. The molecule has 2 aromatic rings. The SMILES string of the molecule is CN(C)Cc1ccnc([C@H]2CCCN2C(=O)c2ccsc2)n1. The second-order valence-corrected chi connectivity index (χ2v) is 6.59. The molecule has 0 aliphatic carbocycles. The van der Waals surface area contributed by atoms with E-state index in [-0.39, 0.29) is 11.9 Å². The fourth-order valence-electron chi connectivity index (χ4n) is 2.82. The van der Waals surface area contributed by atoms with Crippen LogP contribution in [0, 0.1) is 0 Å². The average molecular weight is 316 g/mol. The molecule has 22 heavy (non-hydrogen) atoms. The average Bonchev–Trinajstić information content (AvgIpc) is 3.18. The number of likely N-dealkylation sites (tertiary alicyclic amines) is 1. The molecule has 1 atom stereocenters. The number of amides is 1. The first kappa shape index (κ1) is 15.1. The molecule has 2 aromatic heterocycles. The second-order valence-electron chi connectivity index (χ2n) is 5.81. The maximum absolute atomic E-state index is 12.6. The Kier molecular flexibility index (Phi) is 4.49. The van der Waals surface area contributed by atoms with E-state index in [0.29, 0.717) is 0 Å². The molecule has 0 saturated carbocycles. The van der Waals surface area contributed by atoms with Crippen molar-refractivity contribution in [2.45, 2.75) is 25.4 Å². The van der Waals surface area contributed by atoms with Crippen molar-refractivity contribution >= 4 is 17.2 Å². The fraction of sp³-hybridized carbons (Fsp3) is 0.438. The number of nitrogens with zero attached hydrogens (tertiary/aromatic N) is 4. The van der Waals surface area contributed by atoms with Crippen molar-refractivity contribution in [1.82, 2.24) is 19.8 Å². The molecule has 0 aromatic carbocycles. The molecule has 1 amide bonds. The van der Waals surface area contributed by atoms with E-state index in [9.17, 15) is 4.79 Å². The molecule has 5 nitrogen and oxygen atoms in total. The number of carbonyl (C=O) groups excluding carboxylic acids is 1. The van der Waals surface area contributed by atoms with Crippen LogP contribution in [-0.4, -0.2) is 46.3 Å². The maximum atomic E-state index is 12.6. The smallest absolute Gasteiger partial charge is 0.255 e. The Morgan fingerprint density at radius 3 is 3.05 bits per heavy atom. The summed E-state index contributed by atoms with van der Waals surface area (Å²) in [5, 5.41) is 3.84. The van der Waals surface area contributed by atoms with Gasteiger partial charge in [-0.3, -0.25) is 4.79 Å². The largest absolute Gasteiger partial charge is 0.328 e. The van der Waals surface area contributed by atoms with Crippen LogP contribution >= 0.6 is 11.3 Å². The number of rotatable bonds is 4. The first-order chi connectivity index (χ1) is 10.6. The Morgan fingerprint density at radius 1 is 1.45 bits per heavy atom. The van der Waals surface area contributed by atoms with Crippen LogP contribution in [0.25, 0.3) is 0 Å². The summed E-state index contributed by atoms with van der Waals surface area (Å²) in [5.74, 6) is 0.853. The van der Waals surface area contributed by atoms with Gasteiger partial charge in [0.1, 0.15) is 0 Å². The Bertz CT molecular complexity index is 641. The zero-order valence-corrected chi connectivity index (χ0v) is 13.7. The molecule has 0 bridgehead atoms. The van der Waals surface area contributed by atoms with Crippen LogP contribution in [0.3, 0.4) is 0 Å². The first-order valence-corrected chi connectivity index (χ1v) is 8.39. The number of aromatic nitrogens is 2. The van der Waals surface area contributed by atoms with Gasteiger partial charge in [0.25, 0.3) is 5.91 Å². The van der Waals surface area contributed by atoms with Gasteiger partial charge in [0.2, 0.25) is 0 Å². The molecule has 3 heterocycles. The molecular weight excluding hydrogens is 296 g/mol. The van der Waals surface area contributed by atoms with Crippen LogP contribution in [0.15, 0.2) is 29.1 Å². The van der Waals surface area contributed by atoms with E-state index in [0.717, 1.165) is 43.0 Å².